The van der Waals surface area contributed by atoms with E-state index in [1.54, 1.807) is 45.9 Å². The number of piperidine rings is 1. The molecule has 1 aliphatic rings. The Morgan fingerprint density at radius 1 is 1.11 bits per heavy atom. The van der Waals surface area contributed by atoms with Gasteiger partial charge in [0, 0.05) is 36.2 Å². The van der Waals surface area contributed by atoms with Crippen molar-refractivity contribution >= 4 is 22.9 Å². The molecule has 2 amide bonds. The van der Waals surface area contributed by atoms with Gasteiger partial charge in [-0.25, -0.2) is 4.79 Å². The van der Waals surface area contributed by atoms with E-state index in [1.165, 1.54) is 0 Å². The molecule has 36 heavy (non-hydrogen) atoms. The van der Waals surface area contributed by atoms with Gasteiger partial charge in [0.25, 0.3) is 5.91 Å². The summed E-state index contributed by atoms with van der Waals surface area (Å²) in [6, 6.07) is 14.1. The molecule has 186 valence electrons. The third-order valence-corrected chi connectivity index (χ3v) is 6.46. The lowest BCUT2D eigenvalue weighted by molar-refractivity contribution is -0.131. The first kappa shape index (κ1) is 23.5. The quantitative estimate of drug-likeness (QED) is 0.440. The van der Waals surface area contributed by atoms with Gasteiger partial charge in [0.05, 0.1) is 12.1 Å². The molecule has 10 nitrogen and oxygen atoms in total. The molecule has 1 fully saturated rings. The van der Waals surface area contributed by atoms with Crippen LogP contribution in [0.25, 0.3) is 22.5 Å². The predicted molar refractivity (Wildman–Crippen MR) is 131 cm³/mol. The number of rotatable bonds is 6. The Balaban J connectivity index is 1.20. The lowest BCUT2D eigenvalue weighted by Crippen LogP contribution is -2.43. The zero-order valence-corrected chi connectivity index (χ0v) is 20.1. The van der Waals surface area contributed by atoms with E-state index < -0.39 is 5.76 Å². The monoisotopic (exact) mass is 489 g/mol. The van der Waals surface area contributed by atoms with Gasteiger partial charge in [-0.1, -0.05) is 23.4 Å². The van der Waals surface area contributed by atoms with Crippen molar-refractivity contribution in [2.45, 2.75) is 38.6 Å². The Morgan fingerprint density at radius 2 is 1.86 bits per heavy atom. The van der Waals surface area contributed by atoms with Crippen LogP contribution < -0.4 is 11.1 Å². The second kappa shape index (κ2) is 9.80. The van der Waals surface area contributed by atoms with E-state index in [0.29, 0.717) is 54.3 Å². The first-order chi connectivity index (χ1) is 17.4. The van der Waals surface area contributed by atoms with Gasteiger partial charge in [-0.05, 0) is 57.0 Å². The van der Waals surface area contributed by atoms with E-state index in [1.807, 2.05) is 26.0 Å². The summed E-state index contributed by atoms with van der Waals surface area (Å²) in [5.41, 5.74) is 2.45. The molecule has 0 aliphatic carbocycles. The molecule has 0 atom stereocenters. The average molecular weight is 490 g/mol. The van der Waals surface area contributed by atoms with E-state index in [9.17, 15) is 14.4 Å². The number of aromatic nitrogens is 3. The number of carbonyl (C=O) groups excluding carboxylic acids is 2. The summed E-state index contributed by atoms with van der Waals surface area (Å²) in [5.74, 6) is 0.235. The molecule has 0 unspecified atom stereocenters. The summed E-state index contributed by atoms with van der Waals surface area (Å²) in [6.45, 7) is 4.89. The summed E-state index contributed by atoms with van der Waals surface area (Å²) in [5, 5.41) is 6.84. The summed E-state index contributed by atoms with van der Waals surface area (Å²) in [7, 11) is 0. The van der Waals surface area contributed by atoms with E-state index in [0.717, 1.165) is 5.56 Å². The van der Waals surface area contributed by atoms with Crippen molar-refractivity contribution in [1.82, 2.24) is 24.9 Å². The molecule has 10 heteroatoms. The highest BCUT2D eigenvalue weighted by molar-refractivity contribution is 5.96. The number of hydrogen-bond acceptors (Lipinski definition) is 7. The molecule has 0 bridgehead atoms. The van der Waals surface area contributed by atoms with Gasteiger partial charge in [-0.2, -0.15) is 4.98 Å². The zero-order valence-electron chi connectivity index (χ0n) is 20.1. The maximum absolute atomic E-state index is 12.6. The van der Waals surface area contributed by atoms with Crippen LogP contribution >= 0.6 is 0 Å². The normalized spacial score (nSPS) is 14.5. The molecule has 2 aromatic heterocycles. The van der Waals surface area contributed by atoms with Crippen molar-refractivity contribution in [2.75, 3.05) is 19.6 Å². The van der Waals surface area contributed by atoms with Crippen LogP contribution in [0.15, 0.2) is 62.3 Å². The Morgan fingerprint density at radius 3 is 2.58 bits per heavy atom. The number of nitrogens with one attached hydrogen (secondary N) is 1. The Bertz CT molecular complexity index is 1440. The van der Waals surface area contributed by atoms with E-state index in [2.05, 4.69) is 15.5 Å². The fourth-order valence-corrected chi connectivity index (χ4v) is 4.52. The van der Waals surface area contributed by atoms with Gasteiger partial charge < -0.3 is 19.2 Å². The predicted octanol–water partition coefficient (Wildman–Crippen LogP) is 3.36. The van der Waals surface area contributed by atoms with Crippen LogP contribution in [0.1, 0.15) is 54.9 Å². The minimum atomic E-state index is -0.396. The molecule has 0 saturated carbocycles. The topological polar surface area (TPSA) is 123 Å². The van der Waals surface area contributed by atoms with Crippen molar-refractivity contribution in [2.24, 2.45) is 0 Å². The van der Waals surface area contributed by atoms with E-state index >= 15 is 0 Å². The fourth-order valence-electron chi connectivity index (χ4n) is 4.52. The van der Waals surface area contributed by atoms with Gasteiger partial charge in [-0.3, -0.25) is 14.2 Å². The number of likely N-dealkylation sites (tertiary alicyclic amines) is 1. The molecule has 1 N–H and O–H groups in total. The second-order valence-electron chi connectivity index (χ2n) is 9.17. The Hall–Kier alpha value is -4.21. The number of oxazole rings is 1. The molecule has 4 aromatic rings. The lowest BCUT2D eigenvalue weighted by atomic mass is 9.96. The first-order valence-corrected chi connectivity index (χ1v) is 12.0. The SMILES string of the molecule is CC(C)n1c(=O)oc2ccc(-c3noc(C4CCN(C(=O)CNC(=O)c5ccccc5)CC4)n3)cc21. The van der Waals surface area contributed by atoms with Gasteiger partial charge in [-0.15, -0.1) is 0 Å². The van der Waals surface area contributed by atoms with Gasteiger partial charge >= 0.3 is 5.76 Å². The van der Waals surface area contributed by atoms with Crippen LogP contribution in [0, 0.1) is 0 Å². The highest BCUT2D eigenvalue weighted by Gasteiger charge is 2.28. The van der Waals surface area contributed by atoms with Crippen LogP contribution in [-0.4, -0.2) is 51.1 Å². The smallest absolute Gasteiger partial charge is 0.408 e. The van der Waals surface area contributed by atoms with Crippen LogP contribution in [0.3, 0.4) is 0 Å². The van der Waals surface area contributed by atoms with E-state index in [4.69, 9.17) is 8.94 Å². The molecular weight excluding hydrogens is 462 g/mol. The molecule has 2 aromatic carbocycles. The number of carbonyl (C=O) groups is 2. The van der Waals surface area contributed by atoms with Gasteiger partial charge in [0.15, 0.2) is 5.58 Å². The minimum absolute atomic E-state index is 0.0406. The molecule has 1 aliphatic heterocycles. The summed E-state index contributed by atoms with van der Waals surface area (Å²) < 4.78 is 12.5. The van der Waals surface area contributed by atoms with Crippen LogP contribution in [0.2, 0.25) is 0 Å². The maximum Gasteiger partial charge on any atom is 0.420 e. The summed E-state index contributed by atoms with van der Waals surface area (Å²) >= 11 is 0. The second-order valence-corrected chi connectivity index (χ2v) is 9.17. The van der Waals surface area contributed by atoms with Gasteiger partial charge in [0.2, 0.25) is 17.6 Å². The van der Waals surface area contributed by atoms with Crippen molar-refractivity contribution in [3.63, 3.8) is 0 Å². The van der Waals surface area contributed by atoms with E-state index in [-0.39, 0.29) is 30.3 Å². The van der Waals surface area contributed by atoms with Crippen molar-refractivity contribution in [1.29, 1.82) is 0 Å². The van der Waals surface area contributed by atoms with Crippen molar-refractivity contribution in [3.05, 3.63) is 70.5 Å². The third-order valence-electron chi connectivity index (χ3n) is 6.46. The number of nitrogens with zero attached hydrogens (tertiary/aromatic N) is 4. The van der Waals surface area contributed by atoms with Crippen LogP contribution in [-0.2, 0) is 4.79 Å². The summed E-state index contributed by atoms with van der Waals surface area (Å²) in [6.07, 6.45) is 1.38. The number of hydrogen-bond donors (Lipinski definition) is 1. The largest absolute Gasteiger partial charge is 0.420 e. The van der Waals surface area contributed by atoms with Crippen molar-refractivity contribution in [3.8, 4) is 11.4 Å². The molecule has 0 spiro atoms. The summed E-state index contributed by atoms with van der Waals surface area (Å²) in [4.78, 5) is 43.3. The number of fused-ring (bicyclic) bond motifs is 1. The molecule has 0 radical (unpaired) electrons. The van der Waals surface area contributed by atoms with Crippen LogP contribution in [0.5, 0.6) is 0 Å². The Kier molecular flexibility index (Phi) is 6.41. The number of benzene rings is 2. The maximum atomic E-state index is 12.6. The number of amides is 2. The van der Waals surface area contributed by atoms with Gasteiger partial charge in [0.1, 0.15) is 0 Å². The average Bonchev–Trinajstić information content (AvgIpc) is 3.51. The Labute approximate surface area is 206 Å². The minimum Gasteiger partial charge on any atom is -0.408 e. The molecule has 1 saturated heterocycles. The lowest BCUT2D eigenvalue weighted by Gasteiger charge is -2.30. The van der Waals surface area contributed by atoms with Crippen molar-refractivity contribution < 1.29 is 18.5 Å². The molecule has 3 heterocycles. The molecular formula is C26H27N5O5. The highest BCUT2D eigenvalue weighted by atomic mass is 16.5. The standard InChI is InChI=1S/C26H27N5O5/c1-16(2)31-20-14-19(8-9-21(20)35-26(31)34)23-28-25(36-29-23)18-10-12-30(13-11-18)22(32)15-27-24(33)17-6-4-3-5-7-17/h3-9,14,16,18H,10-13,15H2,1-2H3,(H,27,33). The van der Waals surface area contributed by atoms with Crippen LogP contribution in [0.4, 0.5) is 0 Å². The highest BCUT2D eigenvalue weighted by Crippen LogP contribution is 2.29. The zero-order chi connectivity index (χ0) is 25.2. The molecule has 5 rings (SSSR count). The third kappa shape index (κ3) is 4.66. The fraction of sp³-hybridized carbons (Fsp3) is 0.346. The first-order valence-electron chi connectivity index (χ1n) is 12.0.